The van der Waals surface area contributed by atoms with Gasteiger partial charge >= 0.3 is 0 Å². The Kier molecular flexibility index (Phi) is 5.61. The first kappa shape index (κ1) is 18.3. The molecule has 0 aliphatic heterocycles. The number of benzene rings is 2. The van der Waals surface area contributed by atoms with Crippen molar-refractivity contribution in [3.05, 3.63) is 83.6 Å². The number of aliphatic hydroxyl groups is 1. The van der Waals surface area contributed by atoms with Crippen molar-refractivity contribution in [1.82, 2.24) is 9.78 Å². The highest BCUT2D eigenvalue weighted by atomic mass is 16.3. The maximum Gasteiger partial charge on any atom is 0.164 e. The van der Waals surface area contributed by atoms with Gasteiger partial charge in [-0.1, -0.05) is 60.7 Å². The van der Waals surface area contributed by atoms with E-state index in [1.165, 1.54) is 20.1 Å². The van der Waals surface area contributed by atoms with E-state index in [2.05, 4.69) is 10.1 Å². The third kappa shape index (κ3) is 4.58. The fourth-order valence-electron chi connectivity index (χ4n) is 2.70. The molecule has 136 valence electrons. The molecule has 0 aliphatic carbocycles. The lowest BCUT2D eigenvalue weighted by molar-refractivity contribution is -0.113. The van der Waals surface area contributed by atoms with E-state index in [9.17, 15) is 9.90 Å². The summed E-state index contributed by atoms with van der Waals surface area (Å²) in [6.45, 7) is 3.43. The van der Waals surface area contributed by atoms with Crippen LogP contribution in [0.25, 0.3) is 11.3 Å². The van der Waals surface area contributed by atoms with Gasteiger partial charge in [-0.15, -0.1) is 0 Å². The third-order valence-electron chi connectivity index (χ3n) is 4.10. The van der Waals surface area contributed by atoms with Crippen molar-refractivity contribution >= 4 is 17.8 Å². The molecule has 0 atom stereocenters. The Balaban J connectivity index is 2.01. The number of ketones is 1. The van der Waals surface area contributed by atoms with Gasteiger partial charge in [-0.3, -0.25) is 4.79 Å². The number of hydrogen-bond donors (Lipinski definition) is 1. The molecule has 27 heavy (non-hydrogen) atoms. The van der Waals surface area contributed by atoms with Crippen molar-refractivity contribution in [2.45, 2.75) is 20.4 Å². The number of carbonyl (C=O) groups excluding carboxylic acids is 1. The lowest BCUT2D eigenvalue weighted by atomic mass is 10.1. The van der Waals surface area contributed by atoms with Crippen LogP contribution in [0, 0.1) is 0 Å². The molecule has 0 saturated carbocycles. The average molecular weight is 359 g/mol. The highest BCUT2D eigenvalue weighted by molar-refractivity contribution is 6.12. The molecule has 0 bridgehead atoms. The summed E-state index contributed by atoms with van der Waals surface area (Å²) in [7, 11) is 0. The van der Waals surface area contributed by atoms with Gasteiger partial charge in [0.25, 0.3) is 0 Å². The number of aliphatic hydroxyl groups excluding tert-OH is 1. The van der Waals surface area contributed by atoms with Gasteiger partial charge in [-0.25, -0.2) is 9.67 Å². The summed E-state index contributed by atoms with van der Waals surface area (Å²) in [4.78, 5) is 16.1. The van der Waals surface area contributed by atoms with Crippen molar-refractivity contribution in [3.63, 3.8) is 0 Å². The standard InChI is InChI=1S/C22H21N3O2/c1-16(26)20(17(2)27)14-23-22-13-21(19-11-7-4-8-12-19)24-25(22)15-18-9-5-3-6-10-18/h3-14,26H,15H2,1-2H3/b20-16+,23-14+. The molecular formula is C22H21N3O2. The lowest BCUT2D eigenvalue weighted by Crippen LogP contribution is -2.03. The number of Topliss-reactive ketones (excluding diaryl/α,β-unsaturated/α-hetero) is 1. The monoisotopic (exact) mass is 359 g/mol. The van der Waals surface area contributed by atoms with E-state index in [0.29, 0.717) is 12.4 Å². The molecule has 0 aliphatic rings. The summed E-state index contributed by atoms with van der Waals surface area (Å²) in [6, 6.07) is 21.7. The summed E-state index contributed by atoms with van der Waals surface area (Å²) >= 11 is 0. The van der Waals surface area contributed by atoms with Gasteiger partial charge < -0.3 is 5.11 Å². The van der Waals surface area contributed by atoms with Crippen molar-refractivity contribution < 1.29 is 9.90 Å². The molecule has 3 aromatic rings. The first-order chi connectivity index (χ1) is 13.0. The molecule has 0 fully saturated rings. The van der Waals surface area contributed by atoms with Gasteiger partial charge in [0.15, 0.2) is 11.6 Å². The maximum absolute atomic E-state index is 11.7. The molecule has 3 rings (SSSR count). The second-order valence-electron chi connectivity index (χ2n) is 6.21. The largest absolute Gasteiger partial charge is 0.512 e. The SMILES string of the molecule is CC(=O)C(/C=N/c1cc(-c2ccccc2)nn1Cc1ccccc1)=C(\C)O. The number of rotatable bonds is 6. The topological polar surface area (TPSA) is 67.5 Å². The van der Waals surface area contributed by atoms with Crippen molar-refractivity contribution in [2.75, 3.05) is 0 Å². The Bertz CT molecular complexity index is 983. The first-order valence-corrected chi connectivity index (χ1v) is 8.66. The number of aromatic nitrogens is 2. The van der Waals surface area contributed by atoms with Crippen LogP contribution in [0.3, 0.4) is 0 Å². The Morgan fingerprint density at radius 2 is 1.70 bits per heavy atom. The van der Waals surface area contributed by atoms with Crippen LogP contribution in [0.1, 0.15) is 19.4 Å². The predicted molar refractivity (Wildman–Crippen MR) is 107 cm³/mol. The molecule has 0 saturated heterocycles. The normalized spacial score (nSPS) is 12.2. The lowest BCUT2D eigenvalue weighted by Gasteiger charge is -2.04. The number of nitrogens with zero attached hydrogens (tertiary/aromatic N) is 3. The van der Waals surface area contributed by atoms with Crippen LogP contribution in [-0.2, 0) is 11.3 Å². The highest BCUT2D eigenvalue weighted by Gasteiger charge is 2.11. The van der Waals surface area contributed by atoms with E-state index in [4.69, 9.17) is 0 Å². The van der Waals surface area contributed by atoms with Crippen LogP contribution in [0.5, 0.6) is 0 Å². The minimum Gasteiger partial charge on any atom is -0.512 e. The van der Waals surface area contributed by atoms with Crippen molar-refractivity contribution in [1.29, 1.82) is 0 Å². The predicted octanol–water partition coefficient (Wildman–Crippen LogP) is 4.72. The molecule has 0 amide bonds. The van der Waals surface area contributed by atoms with Crippen LogP contribution >= 0.6 is 0 Å². The summed E-state index contributed by atoms with van der Waals surface area (Å²) in [5, 5.41) is 14.4. The van der Waals surface area contributed by atoms with E-state index in [1.54, 1.807) is 4.68 Å². The molecule has 5 heteroatoms. The van der Waals surface area contributed by atoms with Gasteiger partial charge in [-0.2, -0.15) is 5.10 Å². The average Bonchev–Trinajstić information content (AvgIpc) is 3.06. The molecule has 0 spiro atoms. The second-order valence-corrected chi connectivity index (χ2v) is 6.21. The minimum absolute atomic E-state index is 0.0522. The Morgan fingerprint density at radius 3 is 2.30 bits per heavy atom. The second kappa shape index (κ2) is 8.27. The molecule has 2 aromatic carbocycles. The molecule has 0 radical (unpaired) electrons. The summed E-state index contributed by atoms with van der Waals surface area (Å²) in [5.41, 5.74) is 3.07. The van der Waals surface area contributed by atoms with E-state index in [1.807, 2.05) is 66.7 Å². The van der Waals surface area contributed by atoms with Crippen LogP contribution in [0.4, 0.5) is 5.82 Å². The Labute approximate surface area is 158 Å². The third-order valence-corrected chi connectivity index (χ3v) is 4.10. The smallest absolute Gasteiger partial charge is 0.164 e. The molecule has 1 aromatic heterocycles. The molecule has 1 N–H and O–H groups in total. The highest BCUT2D eigenvalue weighted by Crippen LogP contribution is 2.24. The van der Waals surface area contributed by atoms with Crippen LogP contribution in [-0.4, -0.2) is 26.9 Å². The van der Waals surface area contributed by atoms with Gasteiger partial charge in [-0.05, 0) is 19.4 Å². The summed E-state index contributed by atoms with van der Waals surface area (Å²) in [6.07, 6.45) is 1.39. The van der Waals surface area contributed by atoms with Crippen LogP contribution < -0.4 is 0 Å². The molecule has 0 unspecified atom stereocenters. The molecule has 5 nitrogen and oxygen atoms in total. The van der Waals surface area contributed by atoms with E-state index in [-0.39, 0.29) is 17.1 Å². The van der Waals surface area contributed by atoms with Gasteiger partial charge in [0.1, 0.15) is 5.76 Å². The number of hydrogen-bond acceptors (Lipinski definition) is 4. The number of aliphatic imine (C=N–C) groups is 1. The van der Waals surface area contributed by atoms with Crippen LogP contribution in [0.15, 0.2) is 83.1 Å². The van der Waals surface area contributed by atoms with Gasteiger partial charge in [0.2, 0.25) is 0 Å². The molecule has 1 heterocycles. The number of allylic oxidation sites excluding steroid dienone is 2. The zero-order valence-electron chi connectivity index (χ0n) is 15.3. The summed E-state index contributed by atoms with van der Waals surface area (Å²) < 4.78 is 1.79. The van der Waals surface area contributed by atoms with Crippen LogP contribution in [0.2, 0.25) is 0 Å². The minimum atomic E-state index is -0.240. The Morgan fingerprint density at radius 1 is 1.07 bits per heavy atom. The van der Waals surface area contributed by atoms with Gasteiger partial charge in [0, 0.05) is 17.8 Å². The van der Waals surface area contributed by atoms with Crippen molar-refractivity contribution in [3.8, 4) is 11.3 Å². The maximum atomic E-state index is 11.7. The van der Waals surface area contributed by atoms with Gasteiger partial charge in [0.05, 0.1) is 17.8 Å². The first-order valence-electron chi connectivity index (χ1n) is 8.66. The zero-order chi connectivity index (χ0) is 19.2. The number of carbonyl (C=O) groups is 1. The summed E-state index contributed by atoms with van der Waals surface area (Å²) in [5.74, 6) is 0.317. The van der Waals surface area contributed by atoms with E-state index >= 15 is 0 Å². The molecular weight excluding hydrogens is 338 g/mol. The zero-order valence-corrected chi connectivity index (χ0v) is 15.3. The van der Waals surface area contributed by atoms with E-state index < -0.39 is 0 Å². The van der Waals surface area contributed by atoms with Crippen molar-refractivity contribution in [2.24, 2.45) is 4.99 Å². The fourth-order valence-corrected chi connectivity index (χ4v) is 2.70. The quantitative estimate of drug-likeness (QED) is 0.393. The Hall–Kier alpha value is -3.47. The fraction of sp³-hybridized carbons (Fsp3) is 0.136. The van der Waals surface area contributed by atoms with E-state index in [0.717, 1.165) is 16.8 Å².